The number of sulfonamides is 1. The van der Waals surface area contributed by atoms with E-state index in [1.54, 1.807) is 19.1 Å². The fourth-order valence-corrected chi connectivity index (χ4v) is 3.68. The van der Waals surface area contributed by atoms with Crippen LogP contribution >= 0.6 is 34.5 Å². The van der Waals surface area contributed by atoms with Gasteiger partial charge in [0.05, 0.1) is 19.9 Å². The largest absolute Gasteiger partial charge is 0.271 e. The van der Waals surface area contributed by atoms with Gasteiger partial charge in [0.2, 0.25) is 10.0 Å². The van der Waals surface area contributed by atoms with Crippen LogP contribution in [0.15, 0.2) is 40.3 Å². The molecule has 0 aliphatic rings. The summed E-state index contributed by atoms with van der Waals surface area (Å²) < 4.78 is 23.4. The summed E-state index contributed by atoms with van der Waals surface area (Å²) in [6.07, 6.45) is 0. The summed E-state index contributed by atoms with van der Waals surface area (Å²) in [6, 6.07) is 7.25. The van der Waals surface area contributed by atoms with Gasteiger partial charge in [-0.15, -0.1) is 11.3 Å². The number of thiophene rings is 1. The molecule has 2 aromatic rings. The van der Waals surface area contributed by atoms with Gasteiger partial charge in [-0.05, 0) is 37.3 Å². The van der Waals surface area contributed by atoms with Crippen LogP contribution in [0.25, 0.3) is 0 Å². The number of amides is 1. The number of primary sulfonamides is 1. The Kier molecular flexibility index (Phi) is 5.43. The van der Waals surface area contributed by atoms with Crippen molar-refractivity contribution in [2.45, 2.75) is 11.8 Å². The number of hydrogen-bond donors (Lipinski definition) is 2. The van der Waals surface area contributed by atoms with Gasteiger partial charge in [-0.25, -0.2) is 19.0 Å². The van der Waals surface area contributed by atoms with Crippen LogP contribution in [-0.2, 0) is 10.0 Å². The second-order valence-electron chi connectivity index (χ2n) is 4.43. The van der Waals surface area contributed by atoms with E-state index in [1.807, 2.05) is 0 Å². The first kappa shape index (κ1) is 17.9. The fourth-order valence-electron chi connectivity index (χ4n) is 1.63. The molecule has 0 fully saturated rings. The number of carbonyl (C=O) groups excluding carboxylic acids is 1. The van der Waals surface area contributed by atoms with Crippen LogP contribution < -0.4 is 10.6 Å². The van der Waals surface area contributed by atoms with Crippen LogP contribution in [0.1, 0.15) is 22.2 Å². The second-order valence-corrected chi connectivity index (χ2v) is 8.08. The average molecular weight is 392 g/mol. The van der Waals surface area contributed by atoms with Crippen molar-refractivity contribution in [3.63, 3.8) is 0 Å². The first-order chi connectivity index (χ1) is 10.7. The van der Waals surface area contributed by atoms with Gasteiger partial charge in [-0.1, -0.05) is 23.2 Å². The van der Waals surface area contributed by atoms with Crippen LogP contribution in [-0.4, -0.2) is 20.0 Å². The summed E-state index contributed by atoms with van der Waals surface area (Å²) in [7, 11) is -4.02. The second kappa shape index (κ2) is 6.98. The third-order valence-corrected chi connectivity index (χ3v) is 5.49. The Morgan fingerprint density at radius 3 is 2.52 bits per heavy atom. The molecular weight excluding hydrogens is 381 g/mol. The SMILES string of the molecule is C/C(=N/NC(=O)c1ccc(Cl)c(S(N)(=O)=O)c1)c1ccc(Cl)s1. The molecule has 0 saturated carbocycles. The van der Waals surface area contributed by atoms with Crippen LogP contribution in [0.5, 0.6) is 0 Å². The van der Waals surface area contributed by atoms with E-state index in [0.717, 1.165) is 10.9 Å². The number of carbonyl (C=O) groups is 1. The number of nitrogens with two attached hydrogens (primary N) is 1. The van der Waals surface area contributed by atoms with E-state index in [-0.39, 0.29) is 15.5 Å². The zero-order chi connectivity index (χ0) is 17.2. The molecule has 2 rings (SSSR count). The van der Waals surface area contributed by atoms with E-state index in [4.69, 9.17) is 28.3 Å². The summed E-state index contributed by atoms with van der Waals surface area (Å²) >= 11 is 12.9. The lowest BCUT2D eigenvalue weighted by Crippen LogP contribution is -2.20. The molecule has 10 heteroatoms. The number of benzene rings is 1. The third-order valence-electron chi connectivity index (χ3n) is 2.75. The van der Waals surface area contributed by atoms with Crippen molar-refractivity contribution in [1.29, 1.82) is 0 Å². The smallest absolute Gasteiger partial charge is 0.267 e. The zero-order valence-corrected chi connectivity index (χ0v) is 14.9. The maximum absolute atomic E-state index is 12.1. The van der Waals surface area contributed by atoms with Crippen molar-refractivity contribution in [3.05, 3.63) is 50.1 Å². The van der Waals surface area contributed by atoms with E-state index < -0.39 is 15.9 Å². The number of rotatable bonds is 4. The predicted molar refractivity (Wildman–Crippen MR) is 91.8 cm³/mol. The molecule has 122 valence electrons. The summed E-state index contributed by atoms with van der Waals surface area (Å²) in [5, 5.41) is 8.94. The van der Waals surface area contributed by atoms with Crippen molar-refractivity contribution < 1.29 is 13.2 Å². The Bertz CT molecular complexity index is 892. The molecule has 0 radical (unpaired) electrons. The monoisotopic (exact) mass is 391 g/mol. The van der Waals surface area contributed by atoms with Gasteiger partial charge < -0.3 is 0 Å². The topological polar surface area (TPSA) is 102 Å². The van der Waals surface area contributed by atoms with Crippen LogP contribution in [0.3, 0.4) is 0 Å². The van der Waals surface area contributed by atoms with Gasteiger partial charge in [0.1, 0.15) is 4.90 Å². The van der Waals surface area contributed by atoms with Crippen molar-refractivity contribution in [1.82, 2.24) is 5.43 Å². The highest BCUT2D eigenvalue weighted by atomic mass is 35.5. The number of halogens is 2. The molecule has 6 nitrogen and oxygen atoms in total. The highest BCUT2D eigenvalue weighted by molar-refractivity contribution is 7.89. The molecule has 1 aromatic carbocycles. The summed E-state index contributed by atoms with van der Waals surface area (Å²) in [5.41, 5.74) is 2.97. The van der Waals surface area contributed by atoms with E-state index >= 15 is 0 Å². The number of hydrogen-bond acceptors (Lipinski definition) is 5. The van der Waals surface area contributed by atoms with Crippen LogP contribution in [0.2, 0.25) is 9.36 Å². The van der Waals surface area contributed by atoms with E-state index in [1.165, 1.54) is 23.5 Å². The molecular formula is C13H11Cl2N3O3S2. The van der Waals surface area contributed by atoms with Crippen molar-refractivity contribution >= 4 is 56.2 Å². The van der Waals surface area contributed by atoms with Gasteiger partial charge in [-0.3, -0.25) is 4.79 Å². The predicted octanol–water partition coefficient (Wildman–Crippen LogP) is 2.86. The number of nitrogens with zero attached hydrogens (tertiary/aromatic N) is 1. The Morgan fingerprint density at radius 1 is 1.26 bits per heavy atom. The van der Waals surface area contributed by atoms with Gasteiger partial charge in [-0.2, -0.15) is 5.10 Å². The molecule has 1 heterocycles. The van der Waals surface area contributed by atoms with E-state index in [0.29, 0.717) is 10.0 Å². The normalized spacial score (nSPS) is 12.3. The van der Waals surface area contributed by atoms with Crippen molar-refractivity contribution in [2.75, 3.05) is 0 Å². The van der Waals surface area contributed by atoms with E-state index in [9.17, 15) is 13.2 Å². The Labute approximate surface area is 147 Å². The molecule has 0 aliphatic carbocycles. The molecule has 0 atom stereocenters. The fraction of sp³-hybridized carbons (Fsp3) is 0.0769. The van der Waals surface area contributed by atoms with Crippen LogP contribution in [0.4, 0.5) is 0 Å². The summed E-state index contributed by atoms with van der Waals surface area (Å²) in [6.45, 7) is 1.71. The highest BCUT2D eigenvalue weighted by Crippen LogP contribution is 2.22. The van der Waals surface area contributed by atoms with Gasteiger partial charge >= 0.3 is 0 Å². The van der Waals surface area contributed by atoms with Crippen molar-refractivity contribution in [2.24, 2.45) is 10.2 Å². The van der Waals surface area contributed by atoms with Gasteiger partial charge in [0, 0.05) is 5.56 Å². The lowest BCUT2D eigenvalue weighted by atomic mass is 10.2. The Hall–Kier alpha value is -1.45. The lowest BCUT2D eigenvalue weighted by Gasteiger charge is -2.05. The minimum absolute atomic E-state index is 0.0584. The first-order valence-electron chi connectivity index (χ1n) is 6.11. The molecule has 0 bridgehead atoms. The summed E-state index contributed by atoms with van der Waals surface area (Å²) in [5.74, 6) is -0.589. The molecule has 1 amide bonds. The minimum Gasteiger partial charge on any atom is -0.267 e. The zero-order valence-electron chi connectivity index (χ0n) is 11.7. The van der Waals surface area contributed by atoms with E-state index in [2.05, 4.69) is 10.5 Å². The van der Waals surface area contributed by atoms with Crippen LogP contribution in [0, 0.1) is 0 Å². The molecule has 1 aromatic heterocycles. The average Bonchev–Trinajstić information content (AvgIpc) is 2.90. The minimum atomic E-state index is -4.02. The standard InChI is InChI=1S/C13H11Cl2N3O3S2/c1-7(10-4-5-12(15)22-10)17-18-13(19)8-2-3-9(14)11(6-8)23(16,20)21/h2-6H,1H3,(H,18,19)(H2,16,20,21)/b17-7-. The molecule has 23 heavy (non-hydrogen) atoms. The van der Waals surface area contributed by atoms with Gasteiger partial charge in [0.25, 0.3) is 5.91 Å². The Balaban J connectivity index is 2.21. The summed E-state index contributed by atoms with van der Waals surface area (Å²) in [4.78, 5) is 12.5. The first-order valence-corrected chi connectivity index (χ1v) is 9.23. The number of hydrazone groups is 1. The molecule has 0 saturated heterocycles. The van der Waals surface area contributed by atoms with Gasteiger partial charge in [0.15, 0.2) is 0 Å². The molecule has 0 unspecified atom stereocenters. The Morgan fingerprint density at radius 2 is 1.96 bits per heavy atom. The third kappa shape index (κ3) is 4.52. The highest BCUT2D eigenvalue weighted by Gasteiger charge is 2.16. The maximum Gasteiger partial charge on any atom is 0.271 e. The molecule has 0 spiro atoms. The lowest BCUT2D eigenvalue weighted by molar-refractivity contribution is 0.0954. The van der Waals surface area contributed by atoms with Crippen molar-refractivity contribution in [3.8, 4) is 0 Å². The maximum atomic E-state index is 12.1. The molecule has 0 aliphatic heterocycles. The quantitative estimate of drug-likeness (QED) is 0.618. The molecule has 3 N–H and O–H groups in total. The number of nitrogens with one attached hydrogen (secondary N) is 1.